The fourth-order valence-electron chi connectivity index (χ4n) is 2.85. The molecule has 0 heterocycles. The smallest absolute Gasteiger partial charge is 0.207 e. The van der Waals surface area contributed by atoms with E-state index >= 15 is 0 Å². The molecule has 0 aromatic carbocycles. The van der Waals surface area contributed by atoms with Gasteiger partial charge < -0.3 is 0 Å². The number of halogens is 2. The topological polar surface area (TPSA) is 0 Å². The Morgan fingerprint density at radius 1 is 0.867 bits per heavy atom. The molecule has 0 atom stereocenters. The zero-order valence-electron chi connectivity index (χ0n) is 10.1. The summed E-state index contributed by atoms with van der Waals surface area (Å²) in [5, 5.41) is 0. The molecule has 0 N–H and O–H groups in total. The van der Waals surface area contributed by atoms with Gasteiger partial charge in [0.15, 0.2) is 0 Å². The van der Waals surface area contributed by atoms with Crippen LogP contribution in [0.2, 0.25) is 0 Å². The van der Waals surface area contributed by atoms with Crippen LogP contribution in [0.5, 0.6) is 0 Å². The molecule has 1 rings (SSSR count). The third-order valence-corrected chi connectivity index (χ3v) is 3.88. The summed E-state index contributed by atoms with van der Waals surface area (Å²) in [7, 11) is 0. The van der Waals surface area contributed by atoms with Crippen LogP contribution in [0.25, 0.3) is 0 Å². The third kappa shape index (κ3) is 3.73. The minimum atomic E-state index is -2.37. The van der Waals surface area contributed by atoms with Gasteiger partial charge in [0.05, 0.1) is 0 Å². The second kappa shape index (κ2) is 5.27. The Hall–Kier alpha value is -0.140. The lowest BCUT2D eigenvalue weighted by Gasteiger charge is -2.40. The van der Waals surface area contributed by atoms with Crippen molar-refractivity contribution >= 4 is 0 Å². The first-order chi connectivity index (χ1) is 7.04. The Balaban J connectivity index is 2.52. The van der Waals surface area contributed by atoms with Gasteiger partial charge >= 0.3 is 0 Å². The van der Waals surface area contributed by atoms with Crippen molar-refractivity contribution < 1.29 is 8.78 Å². The Morgan fingerprint density at radius 2 is 1.47 bits per heavy atom. The van der Waals surface area contributed by atoms with Gasteiger partial charge in [-0.05, 0) is 31.1 Å². The molecule has 2 heteroatoms. The van der Waals surface area contributed by atoms with Crippen molar-refractivity contribution in [3.05, 3.63) is 0 Å². The molecular formula is C13H24F2. The average molecular weight is 218 g/mol. The highest BCUT2D eigenvalue weighted by Crippen LogP contribution is 2.48. The molecule has 0 unspecified atom stereocenters. The van der Waals surface area contributed by atoms with E-state index in [4.69, 9.17) is 0 Å². The molecule has 1 fully saturated rings. The first-order valence-corrected chi connectivity index (χ1v) is 6.41. The number of hydrogen-bond donors (Lipinski definition) is 0. The van der Waals surface area contributed by atoms with E-state index in [2.05, 4.69) is 13.8 Å². The summed E-state index contributed by atoms with van der Waals surface area (Å²) in [6.07, 6.45) is 7.55. The molecule has 0 aromatic rings. The first-order valence-electron chi connectivity index (χ1n) is 6.41. The van der Waals surface area contributed by atoms with Crippen LogP contribution < -0.4 is 0 Å². The second-order valence-corrected chi connectivity index (χ2v) is 5.21. The van der Waals surface area contributed by atoms with Crippen LogP contribution in [-0.2, 0) is 0 Å². The van der Waals surface area contributed by atoms with Crippen molar-refractivity contribution in [2.24, 2.45) is 5.41 Å². The van der Waals surface area contributed by atoms with Crippen molar-refractivity contribution in [1.82, 2.24) is 0 Å². The van der Waals surface area contributed by atoms with Gasteiger partial charge in [0, 0.05) is 12.8 Å². The minimum Gasteiger partial charge on any atom is -0.207 e. The Morgan fingerprint density at radius 3 is 1.93 bits per heavy atom. The summed E-state index contributed by atoms with van der Waals surface area (Å²) >= 11 is 0. The molecule has 0 bridgehead atoms. The van der Waals surface area contributed by atoms with Crippen LogP contribution in [0.1, 0.15) is 71.6 Å². The van der Waals surface area contributed by atoms with E-state index in [1.165, 1.54) is 12.8 Å². The van der Waals surface area contributed by atoms with Crippen LogP contribution in [0.4, 0.5) is 8.78 Å². The number of alkyl halides is 2. The fourth-order valence-corrected chi connectivity index (χ4v) is 2.85. The van der Waals surface area contributed by atoms with Crippen LogP contribution in [0, 0.1) is 5.41 Å². The van der Waals surface area contributed by atoms with E-state index in [-0.39, 0.29) is 18.3 Å². The maximum atomic E-state index is 13.1. The maximum absolute atomic E-state index is 13.1. The average Bonchev–Trinajstić information content (AvgIpc) is 2.20. The second-order valence-electron chi connectivity index (χ2n) is 5.21. The SMILES string of the molecule is CCCCC1(CCC)CCC(F)(F)CC1. The van der Waals surface area contributed by atoms with Crippen molar-refractivity contribution in [1.29, 1.82) is 0 Å². The van der Waals surface area contributed by atoms with E-state index in [0.29, 0.717) is 0 Å². The standard InChI is InChI=1S/C13H24F2/c1-3-5-7-12(6-4-2)8-10-13(14,15)11-9-12/h3-11H2,1-2H3. The summed E-state index contributed by atoms with van der Waals surface area (Å²) in [6.45, 7) is 4.34. The minimum absolute atomic E-state index is 0.122. The van der Waals surface area contributed by atoms with Gasteiger partial charge in [-0.3, -0.25) is 0 Å². The lowest BCUT2D eigenvalue weighted by molar-refractivity contribution is -0.0713. The molecule has 1 aliphatic rings. The van der Waals surface area contributed by atoms with Crippen molar-refractivity contribution in [3.63, 3.8) is 0 Å². The van der Waals surface area contributed by atoms with Gasteiger partial charge in [0.25, 0.3) is 0 Å². The summed E-state index contributed by atoms with van der Waals surface area (Å²) in [5.74, 6) is -2.37. The van der Waals surface area contributed by atoms with Crippen LogP contribution in [0.3, 0.4) is 0 Å². The van der Waals surface area contributed by atoms with E-state index in [0.717, 1.165) is 32.1 Å². The molecule has 15 heavy (non-hydrogen) atoms. The van der Waals surface area contributed by atoms with E-state index in [9.17, 15) is 8.78 Å². The van der Waals surface area contributed by atoms with Gasteiger partial charge in [0.2, 0.25) is 5.92 Å². The molecule has 0 saturated heterocycles. The van der Waals surface area contributed by atoms with Crippen molar-refractivity contribution in [3.8, 4) is 0 Å². The zero-order valence-corrected chi connectivity index (χ0v) is 10.1. The maximum Gasteiger partial charge on any atom is 0.248 e. The monoisotopic (exact) mass is 218 g/mol. The molecule has 0 nitrogen and oxygen atoms in total. The van der Waals surface area contributed by atoms with Crippen molar-refractivity contribution in [2.75, 3.05) is 0 Å². The fraction of sp³-hybridized carbons (Fsp3) is 1.00. The third-order valence-electron chi connectivity index (χ3n) is 3.88. The molecule has 0 aromatic heterocycles. The first kappa shape index (κ1) is 12.9. The number of unbranched alkanes of at least 4 members (excludes halogenated alkanes) is 1. The van der Waals surface area contributed by atoms with Crippen LogP contribution in [0.15, 0.2) is 0 Å². The van der Waals surface area contributed by atoms with Gasteiger partial charge in [-0.25, -0.2) is 8.78 Å². The van der Waals surface area contributed by atoms with Gasteiger partial charge in [0.1, 0.15) is 0 Å². The van der Waals surface area contributed by atoms with Crippen molar-refractivity contribution in [2.45, 2.75) is 77.6 Å². The molecule has 1 saturated carbocycles. The Kier molecular flexibility index (Phi) is 4.54. The highest BCUT2D eigenvalue weighted by atomic mass is 19.3. The lowest BCUT2D eigenvalue weighted by atomic mass is 9.67. The molecular weight excluding hydrogens is 194 g/mol. The van der Waals surface area contributed by atoms with Gasteiger partial charge in [-0.1, -0.05) is 33.1 Å². The highest BCUT2D eigenvalue weighted by Gasteiger charge is 2.42. The normalized spacial score (nSPS) is 24.0. The number of hydrogen-bond acceptors (Lipinski definition) is 0. The van der Waals surface area contributed by atoms with E-state index in [1.54, 1.807) is 0 Å². The predicted octanol–water partition coefficient (Wildman–Crippen LogP) is 5.17. The molecule has 1 aliphatic carbocycles. The van der Waals surface area contributed by atoms with E-state index < -0.39 is 5.92 Å². The summed E-state index contributed by atoms with van der Waals surface area (Å²) in [6, 6.07) is 0. The lowest BCUT2D eigenvalue weighted by Crippen LogP contribution is -2.33. The molecule has 90 valence electrons. The summed E-state index contributed by atoms with van der Waals surface area (Å²) in [5.41, 5.74) is 0.256. The predicted molar refractivity (Wildman–Crippen MR) is 60.3 cm³/mol. The van der Waals surface area contributed by atoms with Gasteiger partial charge in [-0.15, -0.1) is 0 Å². The largest absolute Gasteiger partial charge is 0.248 e. The zero-order chi connectivity index (χ0) is 11.4. The molecule has 0 radical (unpaired) electrons. The van der Waals surface area contributed by atoms with Crippen LogP contribution >= 0.6 is 0 Å². The highest BCUT2D eigenvalue weighted by molar-refractivity contribution is 4.88. The van der Waals surface area contributed by atoms with Crippen LogP contribution in [-0.4, -0.2) is 5.92 Å². The molecule has 0 aliphatic heterocycles. The van der Waals surface area contributed by atoms with Gasteiger partial charge in [-0.2, -0.15) is 0 Å². The van der Waals surface area contributed by atoms with E-state index in [1.807, 2.05) is 0 Å². The summed E-state index contributed by atoms with van der Waals surface area (Å²) in [4.78, 5) is 0. The Bertz CT molecular complexity index is 177. The molecule has 0 amide bonds. The Labute approximate surface area is 92.4 Å². The quantitative estimate of drug-likeness (QED) is 0.597. The summed E-state index contributed by atoms with van der Waals surface area (Å²) < 4.78 is 26.2. The molecule has 0 spiro atoms. The number of rotatable bonds is 5.